The van der Waals surface area contributed by atoms with Crippen LogP contribution in [-0.4, -0.2) is 90.4 Å². The van der Waals surface area contributed by atoms with Crippen LogP contribution in [-0.2, 0) is 23.4 Å². The summed E-state index contributed by atoms with van der Waals surface area (Å²) in [4.78, 5) is 33.2. The van der Waals surface area contributed by atoms with Gasteiger partial charge < -0.3 is 41.6 Å². The van der Waals surface area contributed by atoms with Gasteiger partial charge in [0, 0.05) is 0 Å². The maximum atomic E-state index is 12.1. The maximum absolute atomic E-state index is 12.1. The first-order valence-electron chi connectivity index (χ1n) is 8.57. The number of nitrogen functional groups attached to an aromatic ring is 1. The molecule has 1 saturated heterocycles. The van der Waals surface area contributed by atoms with E-state index in [-0.39, 0.29) is 23.1 Å². The molecule has 3 rings (SSSR count). The number of aromatic nitrogens is 4. The number of nitrogens with one attached hydrogen (secondary N) is 1. The number of aliphatic hydroxyl groups is 3. The first kappa shape index (κ1) is 25.0. The second-order valence-corrected chi connectivity index (χ2v) is 7.89. The highest BCUT2D eigenvalue weighted by Gasteiger charge is 2.45. The van der Waals surface area contributed by atoms with Crippen LogP contribution in [0, 0.1) is 0 Å². The lowest BCUT2D eigenvalue weighted by molar-refractivity contribution is -0.143. The number of methoxy groups -OCH3 is 1. The Hall–Kier alpha value is -2.27. The molecule has 2 aromatic rings. The summed E-state index contributed by atoms with van der Waals surface area (Å²) in [5, 5.41) is 31.7. The minimum absolute atomic E-state index is 0. The Balaban J connectivity index is 0.00000341. The first-order valence-corrected chi connectivity index (χ1v) is 10.1. The van der Waals surface area contributed by atoms with E-state index in [1.165, 1.54) is 17.2 Å². The zero-order chi connectivity index (χ0) is 22.1. The molecule has 0 aromatic carbocycles. The van der Waals surface area contributed by atoms with E-state index in [0.29, 0.717) is 0 Å². The molecular weight excluding hydrogens is 441 g/mol. The van der Waals surface area contributed by atoms with Crippen LogP contribution in [0.3, 0.4) is 0 Å². The number of anilines is 1. The van der Waals surface area contributed by atoms with Gasteiger partial charge in [-0.3, -0.25) is 13.9 Å². The van der Waals surface area contributed by atoms with Crippen LogP contribution in [0.15, 0.2) is 12.7 Å². The Morgan fingerprint density at radius 1 is 1.39 bits per heavy atom. The number of hydrogen-bond donors (Lipinski definition) is 7. The fourth-order valence-electron chi connectivity index (χ4n) is 2.87. The predicted octanol–water partition coefficient (Wildman–Crippen LogP) is -2.57. The van der Waals surface area contributed by atoms with E-state index in [4.69, 9.17) is 20.1 Å². The number of carbonyl (C=O) groups excluding carboxylic acids is 1. The number of hydrogen-bond acceptors (Lipinski definition) is 13. The van der Waals surface area contributed by atoms with Crippen molar-refractivity contribution in [2.45, 2.75) is 30.6 Å². The van der Waals surface area contributed by atoms with E-state index < -0.39 is 57.5 Å². The average Bonchev–Trinajstić information content (AvgIpc) is 3.27. The molecular formula is C14H24N7O9P. The first-order chi connectivity index (χ1) is 14.2. The number of carbonyl (C=O) groups is 1. The highest BCUT2D eigenvalue weighted by Crippen LogP contribution is 2.40. The summed E-state index contributed by atoms with van der Waals surface area (Å²) in [5.41, 5.74) is 6.24. The quantitative estimate of drug-likeness (QED) is 0.156. The van der Waals surface area contributed by atoms with E-state index in [2.05, 4.69) is 19.7 Å². The molecule has 0 saturated carbocycles. The van der Waals surface area contributed by atoms with Gasteiger partial charge in [0.15, 0.2) is 17.7 Å². The summed E-state index contributed by atoms with van der Waals surface area (Å²) in [6.07, 6.45) is -2.80. The fourth-order valence-corrected chi connectivity index (χ4v) is 3.88. The molecule has 1 aliphatic heterocycles. The van der Waals surface area contributed by atoms with Crippen molar-refractivity contribution in [3.05, 3.63) is 12.7 Å². The molecule has 1 unspecified atom stereocenters. The monoisotopic (exact) mass is 465 g/mol. The number of aliphatic hydroxyl groups excluding tert-OH is 3. The summed E-state index contributed by atoms with van der Waals surface area (Å²) in [7, 11) is -3.56. The Kier molecular flexibility index (Phi) is 7.98. The number of fused-ring (bicyclic) bond motifs is 1. The molecule has 17 heteroatoms. The number of esters is 1. The van der Waals surface area contributed by atoms with Crippen LogP contribution in [0.1, 0.15) is 6.23 Å². The number of rotatable bonds is 8. The second kappa shape index (κ2) is 9.90. The molecule has 10 N–H and O–H groups in total. The number of imidazole rings is 1. The van der Waals surface area contributed by atoms with Crippen molar-refractivity contribution in [1.29, 1.82) is 0 Å². The summed E-state index contributed by atoms with van der Waals surface area (Å²) in [5.74, 6) is -0.862. The average molecular weight is 465 g/mol. The molecule has 0 spiro atoms. The molecule has 3 heterocycles. The summed E-state index contributed by atoms with van der Waals surface area (Å²) >= 11 is 0. The maximum Gasteiger partial charge on any atom is 0.403 e. The molecule has 174 valence electrons. The van der Waals surface area contributed by atoms with Crippen molar-refractivity contribution in [3.8, 4) is 0 Å². The van der Waals surface area contributed by atoms with Crippen LogP contribution in [0.25, 0.3) is 11.2 Å². The number of ether oxygens (including phenoxy) is 2. The zero-order valence-corrected chi connectivity index (χ0v) is 17.2. The fraction of sp³-hybridized carbons (Fsp3) is 0.571. The molecule has 1 fully saturated rings. The van der Waals surface area contributed by atoms with Crippen molar-refractivity contribution in [2.24, 2.45) is 0 Å². The van der Waals surface area contributed by atoms with Gasteiger partial charge in [-0.25, -0.2) is 24.6 Å². The van der Waals surface area contributed by atoms with Gasteiger partial charge in [-0.1, -0.05) is 0 Å². The van der Waals surface area contributed by atoms with Crippen molar-refractivity contribution >= 4 is 30.7 Å². The smallest absolute Gasteiger partial charge is 0.403 e. The van der Waals surface area contributed by atoms with Crippen LogP contribution >= 0.6 is 7.75 Å². The summed E-state index contributed by atoms with van der Waals surface area (Å²) in [6, 6.07) is -1.50. The third-order valence-corrected chi connectivity index (χ3v) is 5.54. The normalized spacial score (nSPS) is 26.2. The van der Waals surface area contributed by atoms with E-state index in [1.807, 2.05) is 5.09 Å². The molecule has 0 radical (unpaired) electrons. The Morgan fingerprint density at radius 3 is 2.74 bits per heavy atom. The predicted molar refractivity (Wildman–Crippen MR) is 102 cm³/mol. The lowest BCUT2D eigenvalue weighted by Gasteiger charge is -2.21. The van der Waals surface area contributed by atoms with Crippen molar-refractivity contribution in [2.75, 3.05) is 26.1 Å². The van der Waals surface area contributed by atoms with Crippen LogP contribution < -0.4 is 17.0 Å². The van der Waals surface area contributed by atoms with Crippen LogP contribution in [0.2, 0.25) is 0 Å². The van der Waals surface area contributed by atoms with E-state index >= 15 is 0 Å². The van der Waals surface area contributed by atoms with Gasteiger partial charge in [0.25, 0.3) is 0 Å². The van der Waals surface area contributed by atoms with Gasteiger partial charge in [-0.2, -0.15) is 0 Å². The summed E-state index contributed by atoms with van der Waals surface area (Å²) < 4.78 is 28.3. The lowest BCUT2D eigenvalue weighted by atomic mass is 10.1. The highest BCUT2D eigenvalue weighted by molar-refractivity contribution is 7.50. The van der Waals surface area contributed by atoms with Gasteiger partial charge in [0.1, 0.15) is 36.2 Å². The zero-order valence-electron chi connectivity index (χ0n) is 16.3. The van der Waals surface area contributed by atoms with Crippen molar-refractivity contribution in [1.82, 2.24) is 30.8 Å². The molecule has 2 aromatic heterocycles. The molecule has 0 amide bonds. The van der Waals surface area contributed by atoms with Gasteiger partial charge in [-0.15, -0.1) is 0 Å². The number of nitrogens with two attached hydrogens (primary N) is 1. The Morgan fingerprint density at radius 2 is 2.10 bits per heavy atom. The molecule has 0 aliphatic carbocycles. The highest BCUT2D eigenvalue weighted by atomic mass is 31.2. The van der Waals surface area contributed by atoms with Gasteiger partial charge in [0.2, 0.25) is 0 Å². The third kappa shape index (κ3) is 5.15. The standard InChI is InChI=1S/C14H21N6O9P.H3N/c1-27-14(24)6(2-21)19-30(25,26)28-3-7-9(22)10(23)13(29-7)20-5-18-8-11(15)16-4-17-12(8)20;/h4-7,9-10,13,21-23H,2-3H2,1H3,(H2,15,16,17)(H2,19,25,26);1H3/t6-,7+,9+,10+,13+;/m0./s1. The lowest BCUT2D eigenvalue weighted by Crippen LogP contribution is -2.40. The van der Waals surface area contributed by atoms with Crippen molar-refractivity contribution in [3.63, 3.8) is 0 Å². The minimum atomic E-state index is -4.60. The summed E-state index contributed by atoms with van der Waals surface area (Å²) in [6.45, 7) is -1.44. The molecule has 31 heavy (non-hydrogen) atoms. The van der Waals surface area contributed by atoms with E-state index in [1.54, 1.807) is 0 Å². The second-order valence-electron chi connectivity index (χ2n) is 6.33. The largest absolute Gasteiger partial charge is 0.468 e. The SMILES string of the molecule is COC(=O)[C@H](CO)NP(=O)(O)OC[C@H]1O[C@@H](n2cnc3c(N)ncnc32)[C@H](O)[C@@H]1O.N. The number of nitrogens with zero attached hydrogens (tertiary/aromatic N) is 4. The van der Waals surface area contributed by atoms with Crippen LogP contribution in [0.5, 0.6) is 0 Å². The van der Waals surface area contributed by atoms with Gasteiger partial charge in [0.05, 0.1) is 26.7 Å². The Bertz CT molecular complexity index is 959. The molecule has 16 nitrogen and oxygen atoms in total. The van der Waals surface area contributed by atoms with E-state index in [9.17, 15) is 24.5 Å². The van der Waals surface area contributed by atoms with E-state index in [0.717, 1.165) is 7.11 Å². The Labute approximate surface area is 175 Å². The molecule has 6 atom stereocenters. The van der Waals surface area contributed by atoms with Crippen molar-refractivity contribution < 1.29 is 43.6 Å². The molecule has 0 bridgehead atoms. The van der Waals surface area contributed by atoms with Gasteiger partial charge >= 0.3 is 13.7 Å². The topological polar surface area (TPSA) is 259 Å². The third-order valence-electron chi connectivity index (χ3n) is 4.40. The molecule has 1 aliphatic rings. The van der Waals surface area contributed by atoms with Gasteiger partial charge in [-0.05, 0) is 0 Å². The minimum Gasteiger partial charge on any atom is -0.468 e. The van der Waals surface area contributed by atoms with Crippen LogP contribution in [0.4, 0.5) is 5.82 Å².